The molecule has 144 valence electrons. The Kier molecular flexibility index (Phi) is 7.11. The van der Waals surface area contributed by atoms with Gasteiger partial charge in [0.1, 0.15) is 11.6 Å². The first-order valence-electron chi connectivity index (χ1n) is 9.86. The van der Waals surface area contributed by atoms with E-state index < -0.39 is 11.6 Å². The van der Waals surface area contributed by atoms with Crippen molar-refractivity contribution >= 4 is 11.6 Å². The van der Waals surface area contributed by atoms with E-state index in [-0.39, 0.29) is 18.1 Å². The summed E-state index contributed by atoms with van der Waals surface area (Å²) in [6.07, 6.45) is 11.6. The molecule has 0 bridgehead atoms. The Morgan fingerprint density at radius 3 is 2.00 bits per heavy atom. The Morgan fingerprint density at radius 1 is 0.962 bits per heavy atom. The summed E-state index contributed by atoms with van der Waals surface area (Å²) in [5.41, 5.74) is 2.51. The number of halogens is 3. The highest BCUT2D eigenvalue weighted by atomic mass is 35.5. The number of hydrogen-bond acceptors (Lipinski definition) is 1. The van der Waals surface area contributed by atoms with Gasteiger partial charge in [0, 0.05) is 18.2 Å². The maximum Gasteiger partial charge on any atom is 0.131 e. The maximum atomic E-state index is 14.2. The van der Waals surface area contributed by atoms with Gasteiger partial charge < -0.3 is 4.74 Å². The second-order valence-electron chi connectivity index (χ2n) is 8.00. The highest BCUT2D eigenvalue weighted by Crippen LogP contribution is 2.44. The van der Waals surface area contributed by atoms with Crippen LogP contribution in [0.15, 0.2) is 23.7 Å². The van der Waals surface area contributed by atoms with Gasteiger partial charge >= 0.3 is 0 Å². The quantitative estimate of drug-likeness (QED) is 0.535. The first-order valence-corrected chi connectivity index (χ1v) is 10.3. The zero-order valence-corrected chi connectivity index (χ0v) is 16.3. The molecule has 0 N–H and O–H groups in total. The smallest absolute Gasteiger partial charge is 0.131 e. The highest BCUT2D eigenvalue weighted by molar-refractivity contribution is 6.25. The summed E-state index contributed by atoms with van der Waals surface area (Å²) < 4.78 is 33.3. The second-order valence-corrected chi connectivity index (χ2v) is 8.25. The molecule has 26 heavy (non-hydrogen) atoms. The van der Waals surface area contributed by atoms with Crippen molar-refractivity contribution in [1.29, 1.82) is 0 Å². The van der Waals surface area contributed by atoms with E-state index in [4.69, 9.17) is 16.3 Å². The molecule has 0 amide bonds. The monoisotopic (exact) mass is 382 g/mol. The van der Waals surface area contributed by atoms with Gasteiger partial charge in [-0.3, -0.25) is 0 Å². The van der Waals surface area contributed by atoms with Crippen LogP contribution in [0.3, 0.4) is 0 Å². The van der Waals surface area contributed by atoms with Crippen LogP contribution < -0.4 is 0 Å². The molecular formula is C22H29ClF2O. The molecule has 3 rings (SSSR count). The van der Waals surface area contributed by atoms with Gasteiger partial charge in [-0.2, -0.15) is 0 Å². The predicted molar refractivity (Wildman–Crippen MR) is 102 cm³/mol. The fourth-order valence-electron chi connectivity index (χ4n) is 4.98. The van der Waals surface area contributed by atoms with Gasteiger partial charge in [0.15, 0.2) is 0 Å². The van der Waals surface area contributed by atoms with Gasteiger partial charge in [-0.1, -0.05) is 17.7 Å². The molecule has 2 fully saturated rings. The van der Waals surface area contributed by atoms with Gasteiger partial charge in [-0.25, -0.2) is 8.78 Å². The van der Waals surface area contributed by atoms with E-state index >= 15 is 0 Å². The third-order valence-electron chi connectivity index (χ3n) is 6.52. The molecule has 0 radical (unpaired) electrons. The van der Waals surface area contributed by atoms with Crippen molar-refractivity contribution in [2.24, 2.45) is 17.8 Å². The minimum atomic E-state index is -0.477. The summed E-state index contributed by atoms with van der Waals surface area (Å²) in [7, 11) is 1.45. The van der Waals surface area contributed by atoms with Crippen LogP contribution in [0.2, 0.25) is 0 Å². The SMILES string of the molecule is COCc1c(F)cc(C2CCC(C3CCC(/C=C/Cl)CC3)CC2)cc1F. The van der Waals surface area contributed by atoms with Crippen LogP contribution in [0.1, 0.15) is 68.4 Å². The van der Waals surface area contributed by atoms with Gasteiger partial charge in [0.25, 0.3) is 0 Å². The molecule has 0 saturated heterocycles. The minimum absolute atomic E-state index is 0.0216. The van der Waals surface area contributed by atoms with Crippen molar-refractivity contribution in [1.82, 2.24) is 0 Å². The lowest BCUT2D eigenvalue weighted by Crippen LogP contribution is -2.25. The molecule has 0 aromatic heterocycles. The first-order chi connectivity index (χ1) is 12.6. The van der Waals surface area contributed by atoms with Crippen molar-refractivity contribution < 1.29 is 13.5 Å². The zero-order valence-electron chi connectivity index (χ0n) is 15.5. The Bertz CT molecular complexity index is 592. The number of hydrogen-bond donors (Lipinski definition) is 0. The molecule has 4 heteroatoms. The number of methoxy groups -OCH3 is 1. The second kappa shape index (κ2) is 9.32. The molecule has 0 unspecified atom stereocenters. The van der Waals surface area contributed by atoms with Crippen molar-refractivity contribution in [3.05, 3.63) is 46.5 Å². The summed E-state index contributed by atoms with van der Waals surface area (Å²) in [5, 5.41) is 0. The molecule has 1 aromatic carbocycles. The molecule has 1 nitrogen and oxygen atoms in total. The predicted octanol–water partition coefficient (Wildman–Crippen LogP) is 6.94. The Hall–Kier alpha value is -0.930. The normalized spacial score (nSPS) is 30.0. The van der Waals surface area contributed by atoms with Gasteiger partial charge in [0.2, 0.25) is 0 Å². The highest BCUT2D eigenvalue weighted by Gasteiger charge is 2.31. The van der Waals surface area contributed by atoms with E-state index in [1.54, 1.807) is 5.54 Å². The van der Waals surface area contributed by atoms with E-state index in [1.165, 1.54) is 57.8 Å². The average molecular weight is 383 g/mol. The van der Waals surface area contributed by atoms with Gasteiger partial charge in [-0.15, -0.1) is 0 Å². The largest absolute Gasteiger partial charge is 0.380 e. The molecule has 0 heterocycles. The van der Waals surface area contributed by atoms with Crippen LogP contribution in [-0.4, -0.2) is 7.11 Å². The zero-order chi connectivity index (χ0) is 18.5. The molecule has 0 aliphatic heterocycles. The van der Waals surface area contributed by atoms with Crippen LogP contribution in [0.5, 0.6) is 0 Å². The number of ether oxygens (including phenoxy) is 1. The summed E-state index contributed by atoms with van der Waals surface area (Å²) in [6, 6.07) is 3.04. The van der Waals surface area contributed by atoms with Crippen LogP contribution in [-0.2, 0) is 11.3 Å². The van der Waals surface area contributed by atoms with E-state index in [1.807, 2.05) is 0 Å². The molecule has 1 aromatic rings. The van der Waals surface area contributed by atoms with Gasteiger partial charge in [0.05, 0.1) is 6.61 Å². The molecule has 0 atom stereocenters. The van der Waals surface area contributed by atoms with Crippen molar-refractivity contribution in [2.45, 2.75) is 63.9 Å². The third-order valence-corrected chi connectivity index (χ3v) is 6.67. The first kappa shape index (κ1) is 19.8. The van der Waals surface area contributed by atoms with Gasteiger partial charge in [-0.05, 0) is 92.7 Å². The maximum absolute atomic E-state index is 14.2. The fourth-order valence-corrected chi connectivity index (χ4v) is 5.18. The van der Waals surface area contributed by atoms with Crippen molar-refractivity contribution in [3.63, 3.8) is 0 Å². The number of rotatable bonds is 5. The van der Waals surface area contributed by atoms with Crippen molar-refractivity contribution in [3.8, 4) is 0 Å². The lowest BCUT2D eigenvalue weighted by molar-refractivity contribution is 0.171. The number of benzene rings is 1. The molecule has 0 spiro atoms. The number of allylic oxidation sites excluding steroid dienone is 1. The molecule has 2 aliphatic carbocycles. The summed E-state index contributed by atoms with van der Waals surface area (Å²) >= 11 is 5.70. The van der Waals surface area contributed by atoms with E-state index in [0.717, 1.165) is 30.2 Å². The van der Waals surface area contributed by atoms with Crippen LogP contribution >= 0.6 is 11.6 Å². The standard InChI is InChI=1S/C22H29ClF2O/c1-26-14-20-21(24)12-19(13-22(20)25)18-8-6-17(7-9-18)16-4-2-15(3-5-16)10-11-23/h10-13,15-18H,2-9,14H2,1H3/b11-10+. The Labute approximate surface area is 160 Å². The Balaban J connectivity index is 1.56. The lowest BCUT2D eigenvalue weighted by atomic mass is 9.68. The van der Waals surface area contributed by atoms with E-state index in [0.29, 0.717) is 5.92 Å². The lowest BCUT2D eigenvalue weighted by Gasteiger charge is -2.37. The average Bonchev–Trinajstić information content (AvgIpc) is 2.66. The van der Waals surface area contributed by atoms with E-state index in [9.17, 15) is 8.78 Å². The van der Waals surface area contributed by atoms with Crippen LogP contribution in [0.4, 0.5) is 8.78 Å². The van der Waals surface area contributed by atoms with Crippen molar-refractivity contribution in [2.75, 3.05) is 7.11 Å². The summed E-state index contributed by atoms with van der Waals surface area (Å²) in [4.78, 5) is 0. The molecule has 2 saturated carbocycles. The van der Waals surface area contributed by atoms with Crippen LogP contribution in [0, 0.1) is 29.4 Å². The molecule has 2 aliphatic rings. The third kappa shape index (κ3) is 4.67. The topological polar surface area (TPSA) is 9.23 Å². The van der Waals surface area contributed by atoms with E-state index in [2.05, 4.69) is 6.08 Å². The van der Waals surface area contributed by atoms with Crippen LogP contribution in [0.25, 0.3) is 0 Å². The summed E-state index contributed by atoms with van der Waals surface area (Å²) in [6.45, 7) is -0.0216. The molecular weight excluding hydrogens is 354 g/mol. The fraction of sp³-hybridized carbons (Fsp3) is 0.636. The summed E-state index contributed by atoms with van der Waals surface area (Å²) in [5.74, 6) is 1.56. The Morgan fingerprint density at radius 2 is 1.50 bits per heavy atom. The minimum Gasteiger partial charge on any atom is -0.380 e.